The molecule has 1 aliphatic rings. The van der Waals surface area contributed by atoms with Crippen LogP contribution in [-0.2, 0) is 14.3 Å². The van der Waals surface area contributed by atoms with Gasteiger partial charge in [-0.25, -0.2) is 0 Å². The van der Waals surface area contributed by atoms with Gasteiger partial charge in [0.25, 0.3) is 0 Å². The standard InChI is InChI=1S/C17H32N2O3/c1-4-13(5-2)15(22-3)10-12-18-16(20)7-6-11-19-17(21)14-8-9-14/h13-15H,4-12H2,1-3H3,(H,18,20)(H,19,21). The maximum absolute atomic E-state index is 11.7. The molecule has 0 heterocycles. The summed E-state index contributed by atoms with van der Waals surface area (Å²) in [5, 5.41) is 5.82. The number of ether oxygens (including phenoxy) is 1. The molecule has 0 aliphatic heterocycles. The van der Waals surface area contributed by atoms with Crippen molar-refractivity contribution in [3.8, 4) is 0 Å². The van der Waals surface area contributed by atoms with Crippen molar-refractivity contribution in [2.75, 3.05) is 20.2 Å². The molecule has 22 heavy (non-hydrogen) atoms. The number of carbonyl (C=O) groups excluding carboxylic acids is 2. The van der Waals surface area contributed by atoms with E-state index in [1.165, 1.54) is 0 Å². The van der Waals surface area contributed by atoms with Crippen LogP contribution in [0.1, 0.15) is 58.8 Å². The van der Waals surface area contributed by atoms with E-state index in [0.29, 0.717) is 31.8 Å². The zero-order chi connectivity index (χ0) is 16.4. The number of methoxy groups -OCH3 is 1. The van der Waals surface area contributed by atoms with Gasteiger partial charge in [-0.2, -0.15) is 0 Å². The molecule has 1 saturated carbocycles. The Morgan fingerprint density at radius 1 is 1.14 bits per heavy atom. The third kappa shape index (κ3) is 7.25. The highest BCUT2D eigenvalue weighted by Gasteiger charge is 2.28. The third-order valence-corrected chi connectivity index (χ3v) is 4.46. The molecule has 5 heteroatoms. The van der Waals surface area contributed by atoms with Crippen LogP contribution < -0.4 is 10.6 Å². The topological polar surface area (TPSA) is 67.4 Å². The van der Waals surface area contributed by atoms with Gasteiger partial charge in [-0.15, -0.1) is 0 Å². The van der Waals surface area contributed by atoms with Crippen LogP contribution in [0.3, 0.4) is 0 Å². The first-order valence-corrected chi connectivity index (χ1v) is 8.69. The number of carbonyl (C=O) groups is 2. The number of amides is 2. The molecular formula is C17H32N2O3. The highest BCUT2D eigenvalue weighted by molar-refractivity contribution is 5.81. The molecule has 1 atom stereocenters. The molecule has 0 saturated heterocycles. The molecule has 2 N–H and O–H groups in total. The van der Waals surface area contributed by atoms with E-state index in [-0.39, 0.29) is 23.8 Å². The van der Waals surface area contributed by atoms with E-state index < -0.39 is 0 Å². The molecule has 0 aromatic rings. The summed E-state index contributed by atoms with van der Waals surface area (Å²) in [5.74, 6) is 0.998. The highest BCUT2D eigenvalue weighted by atomic mass is 16.5. The first kappa shape index (κ1) is 18.9. The lowest BCUT2D eigenvalue weighted by molar-refractivity contribution is -0.123. The Bertz CT molecular complexity index is 339. The van der Waals surface area contributed by atoms with Crippen molar-refractivity contribution in [1.82, 2.24) is 10.6 Å². The van der Waals surface area contributed by atoms with Gasteiger partial charge in [0.15, 0.2) is 0 Å². The second-order valence-electron chi connectivity index (χ2n) is 6.16. The van der Waals surface area contributed by atoms with E-state index in [1.54, 1.807) is 7.11 Å². The van der Waals surface area contributed by atoms with Crippen molar-refractivity contribution in [1.29, 1.82) is 0 Å². The van der Waals surface area contributed by atoms with Gasteiger partial charge >= 0.3 is 0 Å². The molecule has 2 amide bonds. The van der Waals surface area contributed by atoms with Crippen LogP contribution in [0.4, 0.5) is 0 Å². The van der Waals surface area contributed by atoms with Crippen LogP contribution in [0, 0.1) is 11.8 Å². The van der Waals surface area contributed by atoms with Crippen molar-refractivity contribution < 1.29 is 14.3 Å². The number of hydrogen-bond donors (Lipinski definition) is 2. The van der Waals surface area contributed by atoms with Crippen molar-refractivity contribution in [2.24, 2.45) is 11.8 Å². The Kier molecular flexibility index (Phi) is 9.13. The smallest absolute Gasteiger partial charge is 0.223 e. The summed E-state index contributed by atoms with van der Waals surface area (Å²) < 4.78 is 5.53. The highest BCUT2D eigenvalue weighted by Crippen LogP contribution is 2.28. The van der Waals surface area contributed by atoms with E-state index in [9.17, 15) is 9.59 Å². The lowest BCUT2D eigenvalue weighted by Gasteiger charge is -2.24. The van der Waals surface area contributed by atoms with E-state index >= 15 is 0 Å². The predicted octanol–water partition coefficient (Wildman–Crippen LogP) is 2.25. The molecule has 1 unspecified atom stereocenters. The maximum atomic E-state index is 11.7. The number of nitrogens with one attached hydrogen (secondary N) is 2. The van der Waals surface area contributed by atoms with Crippen molar-refractivity contribution in [2.45, 2.75) is 64.9 Å². The SMILES string of the molecule is CCC(CC)C(CCNC(=O)CCCNC(=O)C1CC1)OC. The average molecular weight is 312 g/mol. The first-order chi connectivity index (χ1) is 10.6. The molecule has 5 nitrogen and oxygen atoms in total. The summed E-state index contributed by atoms with van der Waals surface area (Å²) in [7, 11) is 1.74. The minimum absolute atomic E-state index is 0.0556. The molecule has 1 fully saturated rings. The molecule has 0 spiro atoms. The molecule has 0 bridgehead atoms. The Labute approximate surface area is 134 Å². The van der Waals surface area contributed by atoms with Crippen LogP contribution in [0.15, 0.2) is 0 Å². The monoisotopic (exact) mass is 312 g/mol. The van der Waals surface area contributed by atoms with Gasteiger partial charge in [-0.05, 0) is 31.6 Å². The van der Waals surface area contributed by atoms with E-state index in [4.69, 9.17) is 4.74 Å². The van der Waals surface area contributed by atoms with Gasteiger partial charge in [0, 0.05) is 32.5 Å². The lowest BCUT2D eigenvalue weighted by atomic mass is 9.94. The fourth-order valence-electron chi connectivity index (χ4n) is 2.75. The van der Waals surface area contributed by atoms with Crippen molar-refractivity contribution >= 4 is 11.8 Å². The molecule has 1 rings (SSSR count). The largest absolute Gasteiger partial charge is 0.381 e. The van der Waals surface area contributed by atoms with Gasteiger partial charge < -0.3 is 15.4 Å². The average Bonchev–Trinajstić information content (AvgIpc) is 3.35. The van der Waals surface area contributed by atoms with Crippen LogP contribution in [-0.4, -0.2) is 38.1 Å². The van der Waals surface area contributed by atoms with E-state index in [1.807, 2.05) is 0 Å². The first-order valence-electron chi connectivity index (χ1n) is 8.69. The molecule has 0 radical (unpaired) electrons. The molecule has 0 aromatic carbocycles. The summed E-state index contributed by atoms with van der Waals surface area (Å²) in [6.07, 6.45) is 6.47. The summed E-state index contributed by atoms with van der Waals surface area (Å²) in [5.41, 5.74) is 0. The number of rotatable bonds is 12. The molecule has 1 aliphatic carbocycles. The predicted molar refractivity (Wildman–Crippen MR) is 87.5 cm³/mol. The van der Waals surface area contributed by atoms with E-state index in [2.05, 4.69) is 24.5 Å². The van der Waals surface area contributed by atoms with Crippen LogP contribution in [0.5, 0.6) is 0 Å². The van der Waals surface area contributed by atoms with Gasteiger partial charge in [-0.3, -0.25) is 9.59 Å². The van der Waals surface area contributed by atoms with Crippen LogP contribution in [0.25, 0.3) is 0 Å². The fraction of sp³-hybridized carbons (Fsp3) is 0.882. The van der Waals surface area contributed by atoms with Crippen molar-refractivity contribution in [3.05, 3.63) is 0 Å². The zero-order valence-corrected chi connectivity index (χ0v) is 14.3. The Morgan fingerprint density at radius 2 is 1.82 bits per heavy atom. The molecule has 128 valence electrons. The normalized spacial score (nSPS) is 15.6. The van der Waals surface area contributed by atoms with Crippen molar-refractivity contribution in [3.63, 3.8) is 0 Å². The van der Waals surface area contributed by atoms with Gasteiger partial charge in [-0.1, -0.05) is 26.7 Å². The third-order valence-electron chi connectivity index (χ3n) is 4.46. The Morgan fingerprint density at radius 3 is 2.36 bits per heavy atom. The lowest BCUT2D eigenvalue weighted by Crippen LogP contribution is -2.31. The summed E-state index contributed by atoms with van der Waals surface area (Å²) in [6, 6.07) is 0. The summed E-state index contributed by atoms with van der Waals surface area (Å²) >= 11 is 0. The van der Waals surface area contributed by atoms with Gasteiger partial charge in [0.1, 0.15) is 0 Å². The Balaban J connectivity index is 2.05. The van der Waals surface area contributed by atoms with Crippen LogP contribution in [0.2, 0.25) is 0 Å². The van der Waals surface area contributed by atoms with E-state index in [0.717, 1.165) is 32.1 Å². The second-order valence-corrected chi connectivity index (χ2v) is 6.16. The van der Waals surface area contributed by atoms with Gasteiger partial charge in [0.05, 0.1) is 6.10 Å². The molecular weight excluding hydrogens is 280 g/mol. The minimum Gasteiger partial charge on any atom is -0.381 e. The summed E-state index contributed by atoms with van der Waals surface area (Å²) in [4.78, 5) is 23.2. The maximum Gasteiger partial charge on any atom is 0.223 e. The summed E-state index contributed by atoms with van der Waals surface area (Å²) in [6.45, 7) is 5.60. The van der Waals surface area contributed by atoms with Crippen LogP contribution >= 0.6 is 0 Å². The Hall–Kier alpha value is -1.10. The minimum atomic E-state index is 0.0556. The molecule has 0 aromatic heterocycles. The quantitative estimate of drug-likeness (QED) is 0.543. The fourth-order valence-corrected chi connectivity index (χ4v) is 2.75. The van der Waals surface area contributed by atoms with Gasteiger partial charge in [0.2, 0.25) is 11.8 Å². The second kappa shape index (κ2) is 10.6. The zero-order valence-electron chi connectivity index (χ0n) is 14.3. The number of hydrogen-bond acceptors (Lipinski definition) is 3.